The van der Waals surface area contributed by atoms with Gasteiger partial charge in [-0.15, -0.1) is 0 Å². The van der Waals surface area contributed by atoms with E-state index < -0.39 is 0 Å². The predicted molar refractivity (Wildman–Crippen MR) is 65.2 cm³/mol. The van der Waals surface area contributed by atoms with Crippen LogP contribution in [0.2, 0.25) is 0 Å². The van der Waals surface area contributed by atoms with Crippen LogP contribution in [0, 0.1) is 5.92 Å². The van der Waals surface area contributed by atoms with Gasteiger partial charge >= 0.3 is 5.97 Å². The molecule has 0 unspecified atom stereocenters. The molecule has 1 aliphatic heterocycles. The highest BCUT2D eigenvalue weighted by Gasteiger charge is 2.26. The molecule has 1 atom stereocenters. The molecule has 1 saturated heterocycles. The largest absolute Gasteiger partial charge is 0.466 e. The molecule has 1 heterocycles. The lowest BCUT2D eigenvalue weighted by Gasteiger charge is -2.31. The Labute approximate surface area is 98.5 Å². The summed E-state index contributed by atoms with van der Waals surface area (Å²) in [4.78, 5) is 13.9. The van der Waals surface area contributed by atoms with Crippen molar-refractivity contribution in [2.75, 3.05) is 26.2 Å². The number of hydrogen-bond acceptors (Lipinski definition) is 3. The van der Waals surface area contributed by atoms with Crippen LogP contribution in [-0.2, 0) is 9.53 Å². The van der Waals surface area contributed by atoms with Gasteiger partial charge in [0.1, 0.15) is 0 Å². The fraction of sp³-hybridized carbons (Fsp3) is 0.769. The van der Waals surface area contributed by atoms with Crippen molar-refractivity contribution in [1.29, 1.82) is 0 Å². The number of rotatable bonds is 5. The van der Waals surface area contributed by atoms with Crippen molar-refractivity contribution in [2.24, 2.45) is 5.92 Å². The Hall–Kier alpha value is -0.830. The maximum atomic E-state index is 11.6. The van der Waals surface area contributed by atoms with Gasteiger partial charge < -0.3 is 4.74 Å². The number of esters is 1. The number of hydrogen-bond donors (Lipinski definition) is 0. The highest BCUT2D eigenvalue weighted by molar-refractivity contribution is 5.72. The normalized spacial score (nSPS) is 21.8. The van der Waals surface area contributed by atoms with E-state index >= 15 is 0 Å². The second-order valence-corrected chi connectivity index (χ2v) is 4.43. The predicted octanol–water partition coefficient (Wildman–Crippen LogP) is 2.23. The molecular weight excluding hydrogens is 202 g/mol. The lowest BCUT2D eigenvalue weighted by Crippen LogP contribution is -2.40. The van der Waals surface area contributed by atoms with Crippen molar-refractivity contribution in [2.45, 2.75) is 33.1 Å². The maximum Gasteiger partial charge on any atom is 0.310 e. The van der Waals surface area contributed by atoms with E-state index in [0.29, 0.717) is 6.61 Å². The molecule has 1 fully saturated rings. The van der Waals surface area contributed by atoms with Crippen LogP contribution in [0.25, 0.3) is 0 Å². The Balaban J connectivity index is 2.40. The van der Waals surface area contributed by atoms with Gasteiger partial charge in [-0.3, -0.25) is 9.69 Å². The number of nitrogens with zero attached hydrogens (tertiary/aromatic N) is 1. The Kier molecular flexibility index (Phi) is 5.53. The lowest BCUT2D eigenvalue weighted by molar-refractivity contribution is -0.149. The topological polar surface area (TPSA) is 29.5 Å². The molecule has 0 bridgehead atoms. The third-order valence-electron chi connectivity index (χ3n) is 3.07. The molecule has 3 heteroatoms. The maximum absolute atomic E-state index is 11.6. The van der Waals surface area contributed by atoms with Crippen LogP contribution in [0.5, 0.6) is 0 Å². The minimum absolute atomic E-state index is 0.0330. The number of ether oxygens (including phenoxy) is 1. The van der Waals surface area contributed by atoms with Gasteiger partial charge in [0.25, 0.3) is 0 Å². The third kappa shape index (κ3) is 3.97. The van der Waals surface area contributed by atoms with Crippen LogP contribution in [0.4, 0.5) is 0 Å². The van der Waals surface area contributed by atoms with Gasteiger partial charge in [-0.25, -0.2) is 0 Å². The summed E-state index contributed by atoms with van der Waals surface area (Å²) in [7, 11) is 0. The van der Waals surface area contributed by atoms with Crippen molar-refractivity contribution in [3.63, 3.8) is 0 Å². The van der Waals surface area contributed by atoms with Gasteiger partial charge in [-0.05, 0) is 32.7 Å². The number of carbonyl (C=O) groups excluding carboxylic acids is 1. The molecule has 0 aromatic rings. The smallest absolute Gasteiger partial charge is 0.310 e. The van der Waals surface area contributed by atoms with Crippen molar-refractivity contribution in [3.05, 3.63) is 12.2 Å². The van der Waals surface area contributed by atoms with E-state index in [2.05, 4.69) is 18.4 Å². The molecule has 0 spiro atoms. The SMILES string of the molecule is C=C(CC)CN1CCC[C@H](C(=O)OCC)C1. The first kappa shape index (κ1) is 13.2. The van der Waals surface area contributed by atoms with E-state index in [1.807, 2.05) is 6.92 Å². The first-order valence-electron chi connectivity index (χ1n) is 6.23. The van der Waals surface area contributed by atoms with Gasteiger partial charge in [-0.2, -0.15) is 0 Å². The lowest BCUT2D eigenvalue weighted by atomic mass is 9.97. The van der Waals surface area contributed by atoms with E-state index in [4.69, 9.17) is 4.74 Å². The van der Waals surface area contributed by atoms with Crippen molar-refractivity contribution >= 4 is 5.97 Å². The summed E-state index contributed by atoms with van der Waals surface area (Å²) in [5, 5.41) is 0. The van der Waals surface area contributed by atoms with Crippen LogP contribution < -0.4 is 0 Å². The zero-order valence-electron chi connectivity index (χ0n) is 10.5. The van der Waals surface area contributed by atoms with Gasteiger partial charge in [0.05, 0.1) is 12.5 Å². The monoisotopic (exact) mass is 225 g/mol. The van der Waals surface area contributed by atoms with E-state index in [1.165, 1.54) is 5.57 Å². The molecule has 0 saturated carbocycles. The van der Waals surface area contributed by atoms with Crippen molar-refractivity contribution < 1.29 is 9.53 Å². The molecule has 16 heavy (non-hydrogen) atoms. The molecule has 1 rings (SSSR count). The van der Waals surface area contributed by atoms with Gasteiger partial charge in [0, 0.05) is 13.1 Å². The zero-order valence-corrected chi connectivity index (χ0v) is 10.5. The number of likely N-dealkylation sites (tertiary alicyclic amines) is 1. The number of piperidine rings is 1. The molecule has 0 N–H and O–H groups in total. The summed E-state index contributed by atoms with van der Waals surface area (Å²) >= 11 is 0. The minimum atomic E-state index is -0.0330. The van der Waals surface area contributed by atoms with Gasteiger partial charge in [-0.1, -0.05) is 19.1 Å². The molecular formula is C13H23NO2. The first-order chi connectivity index (χ1) is 7.67. The van der Waals surface area contributed by atoms with Crippen molar-refractivity contribution in [3.8, 4) is 0 Å². The fourth-order valence-electron chi connectivity index (χ4n) is 2.08. The highest BCUT2D eigenvalue weighted by Crippen LogP contribution is 2.18. The standard InChI is InChI=1S/C13H23NO2/c1-4-11(3)9-14-8-6-7-12(10-14)13(15)16-5-2/h12H,3-10H2,1-2H3/t12-/m0/s1. The van der Waals surface area contributed by atoms with E-state index in [1.54, 1.807) is 0 Å². The second-order valence-electron chi connectivity index (χ2n) is 4.43. The van der Waals surface area contributed by atoms with Crippen LogP contribution in [-0.4, -0.2) is 37.1 Å². The summed E-state index contributed by atoms with van der Waals surface area (Å²) in [5.41, 5.74) is 1.24. The van der Waals surface area contributed by atoms with Gasteiger partial charge in [0.15, 0.2) is 0 Å². The minimum Gasteiger partial charge on any atom is -0.466 e. The molecule has 0 amide bonds. The Bertz CT molecular complexity index is 250. The quantitative estimate of drug-likeness (QED) is 0.531. The Morgan fingerprint density at radius 1 is 1.50 bits per heavy atom. The highest BCUT2D eigenvalue weighted by atomic mass is 16.5. The van der Waals surface area contributed by atoms with Crippen molar-refractivity contribution in [1.82, 2.24) is 4.90 Å². The van der Waals surface area contributed by atoms with Crippen LogP contribution >= 0.6 is 0 Å². The van der Waals surface area contributed by atoms with Crippen LogP contribution in [0.3, 0.4) is 0 Å². The molecule has 0 aliphatic carbocycles. The third-order valence-corrected chi connectivity index (χ3v) is 3.07. The summed E-state index contributed by atoms with van der Waals surface area (Å²) in [6, 6.07) is 0. The average Bonchev–Trinajstić information content (AvgIpc) is 2.29. The number of carbonyl (C=O) groups is 1. The van der Waals surface area contributed by atoms with Crippen LogP contribution in [0.1, 0.15) is 33.1 Å². The summed E-state index contributed by atoms with van der Waals surface area (Å²) in [6.07, 6.45) is 3.06. The average molecular weight is 225 g/mol. The molecule has 92 valence electrons. The second kappa shape index (κ2) is 6.69. The summed E-state index contributed by atoms with van der Waals surface area (Å²) in [5.74, 6) is 0.0349. The molecule has 3 nitrogen and oxygen atoms in total. The molecule has 1 aliphatic rings. The van der Waals surface area contributed by atoms with E-state index in [9.17, 15) is 4.79 Å². The molecule has 0 aromatic heterocycles. The molecule has 0 aromatic carbocycles. The zero-order chi connectivity index (χ0) is 12.0. The molecule has 0 radical (unpaired) electrons. The Morgan fingerprint density at radius 2 is 2.25 bits per heavy atom. The summed E-state index contributed by atoms with van der Waals surface area (Å²) in [6.45, 7) is 11.3. The summed E-state index contributed by atoms with van der Waals surface area (Å²) < 4.78 is 5.07. The van der Waals surface area contributed by atoms with Crippen LogP contribution in [0.15, 0.2) is 12.2 Å². The first-order valence-corrected chi connectivity index (χ1v) is 6.23. The van der Waals surface area contributed by atoms with E-state index in [0.717, 1.165) is 38.9 Å². The van der Waals surface area contributed by atoms with E-state index in [-0.39, 0.29) is 11.9 Å². The Morgan fingerprint density at radius 3 is 2.88 bits per heavy atom. The fourth-order valence-corrected chi connectivity index (χ4v) is 2.08. The van der Waals surface area contributed by atoms with Gasteiger partial charge in [0.2, 0.25) is 0 Å².